The summed E-state index contributed by atoms with van der Waals surface area (Å²) >= 11 is 0. The first-order chi connectivity index (χ1) is 12.2. The smallest absolute Gasteiger partial charge is 0.258 e. The Morgan fingerprint density at radius 2 is 1.81 bits per heavy atom. The van der Waals surface area contributed by atoms with Crippen LogP contribution in [0, 0.1) is 5.92 Å². The van der Waals surface area contributed by atoms with Gasteiger partial charge in [-0.1, -0.05) is 31.2 Å². The van der Waals surface area contributed by atoms with Crippen LogP contribution in [0.25, 0.3) is 0 Å². The predicted octanol–water partition coefficient (Wildman–Crippen LogP) is 2.47. The maximum atomic E-state index is 13.0. The molecule has 0 saturated heterocycles. The van der Waals surface area contributed by atoms with Crippen LogP contribution >= 0.6 is 0 Å². The van der Waals surface area contributed by atoms with E-state index in [4.69, 9.17) is 0 Å². The summed E-state index contributed by atoms with van der Waals surface area (Å²) < 4.78 is 22.8. The zero-order chi connectivity index (χ0) is 18.9. The number of para-hydroxylation sites is 2. The summed E-state index contributed by atoms with van der Waals surface area (Å²) in [6.07, 6.45) is 1.17. The van der Waals surface area contributed by atoms with Gasteiger partial charge in [0.1, 0.15) is 0 Å². The average Bonchev–Trinajstić information content (AvgIpc) is 2.70. The monoisotopic (exact) mass is 372 g/mol. The van der Waals surface area contributed by atoms with Gasteiger partial charge in [-0.05, 0) is 29.8 Å². The van der Waals surface area contributed by atoms with E-state index in [1.807, 2.05) is 6.07 Å². The van der Waals surface area contributed by atoms with Crippen molar-refractivity contribution in [3.05, 3.63) is 59.7 Å². The van der Waals surface area contributed by atoms with Crippen molar-refractivity contribution in [3.8, 4) is 0 Å². The number of benzene rings is 2. The molecule has 0 unspecified atom stereocenters. The fourth-order valence-corrected chi connectivity index (χ4v) is 3.72. The van der Waals surface area contributed by atoms with Crippen LogP contribution in [-0.4, -0.2) is 33.0 Å². The molecule has 1 aliphatic heterocycles. The minimum atomic E-state index is -3.13. The molecule has 2 amide bonds. The lowest BCUT2D eigenvalue weighted by molar-refractivity contribution is -0.119. The Labute approximate surface area is 152 Å². The Kier molecular flexibility index (Phi) is 4.82. The number of hydrogen-bond acceptors (Lipinski definition) is 4. The standard InChI is InChI=1S/C19H20N2O4S/c1-13-11-21(17-6-4-3-5-16(17)20-18(13)22)19(23)15-9-7-14(8-10-15)12-26(2,24)25/h3-10,13H,11-12H2,1-2H3,(H,20,22)/t13-/m1/s1. The molecular formula is C19H20N2O4S. The minimum absolute atomic E-state index is 0.0660. The van der Waals surface area contributed by atoms with Crippen LogP contribution in [0.1, 0.15) is 22.8 Å². The predicted molar refractivity (Wildman–Crippen MR) is 101 cm³/mol. The Balaban J connectivity index is 1.92. The molecule has 0 bridgehead atoms. The Bertz CT molecular complexity index is 952. The van der Waals surface area contributed by atoms with E-state index in [-0.39, 0.29) is 30.0 Å². The zero-order valence-corrected chi connectivity index (χ0v) is 15.4. The SMILES string of the molecule is C[C@@H]1CN(C(=O)c2ccc(CS(C)(=O)=O)cc2)c2ccccc2NC1=O. The molecule has 0 spiro atoms. The van der Waals surface area contributed by atoms with Gasteiger partial charge >= 0.3 is 0 Å². The van der Waals surface area contributed by atoms with Crippen LogP contribution in [0.5, 0.6) is 0 Å². The normalized spacial score (nSPS) is 17.2. The molecule has 1 aliphatic rings. The number of carbonyl (C=O) groups is 2. The second kappa shape index (κ2) is 6.92. The lowest BCUT2D eigenvalue weighted by Crippen LogP contribution is -2.35. The van der Waals surface area contributed by atoms with Crippen LogP contribution in [0.15, 0.2) is 48.5 Å². The third-order valence-electron chi connectivity index (χ3n) is 4.23. The maximum absolute atomic E-state index is 13.0. The number of carbonyl (C=O) groups excluding carboxylic acids is 2. The van der Waals surface area contributed by atoms with Gasteiger partial charge in [-0.25, -0.2) is 8.42 Å². The van der Waals surface area contributed by atoms with Crippen LogP contribution < -0.4 is 10.2 Å². The number of anilines is 2. The second-order valence-electron chi connectivity index (χ2n) is 6.59. The average molecular weight is 372 g/mol. The zero-order valence-electron chi connectivity index (χ0n) is 14.6. The summed E-state index contributed by atoms with van der Waals surface area (Å²) in [7, 11) is -3.13. The Hall–Kier alpha value is -2.67. The van der Waals surface area contributed by atoms with Gasteiger partial charge < -0.3 is 10.2 Å². The minimum Gasteiger partial charge on any atom is -0.324 e. The number of nitrogens with one attached hydrogen (secondary N) is 1. The molecule has 1 heterocycles. The maximum Gasteiger partial charge on any atom is 0.258 e. The number of amides is 2. The quantitative estimate of drug-likeness (QED) is 0.897. The van der Waals surface area contributed by atoms with Crippen LogP contribution in [0.4, 0.5) is 11.4 Å². The van der Waals surface area contributed by atoms with Crippen molar-refractivity contribution < 1.29 is 18.0 Å². The summed E-state index contributed by atoms with van der Waals surface area (Å²) in [5, 5.41) is 2.84. The van der Waals surface area contributed by atoms with E-state index in [0.29, 0.717) is 22.5 Å². The van der Waals surface area contributed by atoms with Crippen molar-refractivity contribution in [2.45, 2.75) is 12.7 Å². The van der Waals surface area contributed by atoms with Gasteiger partial charge in [-0.3, -0.25) is 9.59 Å². The highest BCUT2D eigenvalue weighted by atomic mass is 32.2. The van der Waals surface area contributed by atoms with Crippen molar-refractivity contribution in [2.75, 3.05) is 23.0 Å². The van der Waals surface area contributed by atoms with Crippen molar-refractivity contribution in [2.24, 2.45) is 5.92 Å². The van der Waals surface area contributed by atoms with E-state index >= 15 is 0 Å². The molecule has 26 heavy (non-hydrogen) atoms. The summed E-state index contributed by atoms with van der Waals surface area (Å²) in [6.45, 7) is 2.05. The molecule has 0 fully saturated rings. The number of fused-ring (bicyclic) bond motifs is 1. The fraction of sp³-hybridized carbons (Fsp3) is 0.263. The first-order valence-corrected chi connectivity index (χ1v) is 10.3. The molecule has 3 rings (SSSR count). The highest BCUT2D eigenvalue weighted by molar-refractivity contribution is 7.89. The van der Waals surface area contributed by atoms with Gasteiger partial charge in [0.2, 0.25) is 5.91 Å². The highest BCUT2D eigenvalue weighted by Crippen LogP contribution is 2.31. The van der Waals surface area contributed by atoms with Gasteiger partial charge in [0, 0.05) is 18.4 Å². The van der Waals surface area contributed by atoms with E-state index < -0.39 is 9.84 Å². The Morgan fingerprint density at radius 3 is 2.46 bits per heavy atom. The van der Waals surface area contributed by atoms with E-state index in [2.05, 4.69) is 5.32 Å². The van der Waals surface area contributed by atoms with E-state index in [9.17, 15) is 18.0 Å². The molecule has 0 aliphatic carbocycles. The largest absolute Gasteiger partial charge is 0.324 e. The molecule has 0 aromatic heterocycles. The van der Waals surface area contributed by atoms with Crippen LogP contribution in [-0.2, 0) is 20.4 Å². The number of rotatable bonds is 3. The van der Waals surface area contributed by atoms with E-state index in [1.165, 1.54) is 6.26 Å². The fourth-order valence-electron chi connectivity index (χ4n) is 2.92. The molecule has 136 valence electrons. The summed E-state index contributed by atoms with van der Waals surface area (Å²) in [4.78, 5) is 26.8. The second-order valence-corrected chi connectivity index (χ2v) is 8.73. The third-order valence-corrected chi connectivity index (χ3v) is 5.09. The molecular weight excluding hydrogens is 352 g/mol. The molecule has 2 aromatic rings. The first kappa shape index (κ1) is 18.1. The topological polar surface area (TPSA) is 83.6 Å². The van der Waals surface area contributed by atoms with Crippen molar-refractivity contribution >= 4 is 33.0 Å². The van der Waals surface area contributed by atoms with Crippen LogP contribution in [0.3, 0.4) is 0 Å². The Morgan fingerprint density at radius 1 is 1.15 bits per heavy atom. The van der Waals surface area contributed by atoms with Crippen molar-refractivity contribution in [3.63, 3.8) is 0 Å². The molecule has 1 atom stereocenters. The van der Waals surface area contributed by atoms with Crippen molar-refractivity contribution in [1.82, 2.24) is 0 Å². The molecule has 2 aromatic carbocycles. The van der Waals surface area contributed by atoms with Gasteiger partial charge in [0.25, 0.3) is 5.91 Å². The van der Waals surface area contributed by atoms with Gasteiger partial charge in [-0.2, -0.15) is 0 Å². The van der Waals surface area contributed by atoms with E-state index in [1.54, 1.807) is 54.3 Å². The number of hydrogen-bond donors (Lipinski definition) is 1. The molecule has 6 nitrogen and oxygen atoms in total. The highest BCUT2D eigenvalue weighted by Gasteiger charge is 2.29. The molecule has 0 radical (unpaired) electrons. The summed E-state index contributed by atoms with van der Waals surface area (Å²) in [5.41, 5.74) is 2.32. The molecule has 7 heteroatoms. The first-order valence-electron chi connectivity index (χ1n) is 8.23. The number of nitrogens with zero attached hydrogens (tertiary/aromatic N) is 1. The van der Waals surface area contributed by atoms with Gasteiger partial charge in [0.05, 0.1) is 23.0 Å². The lowest BCUT2D eigenvalue weighted by atomic mass is 10.1. The molecule has 0 saturated carbocycles. The van der Waals surface area contributed by atoms with Gasteiger partial charge in [-0.15, -0.1) is 0 Å². The number of sulfone groups is 1. The van der Waals surface area contributed by atoms with Crippen molar-refractivity contribution in [1.29, 1.82) is 0 Å². The molecule has 1 N–H and O–H groups in total. The third kappa shape index (κ3) is 3.94. The van der Waals surface area contributed by atoms with E-state index in [0.717, 1.165) is 0 Å². The van der Waals surface area contributed by atoms with Crippen LogP contribution in [0.2, 0.25) is 0 Å². The van der Waals surface area contributed by atoms with Gasteiger partial charge in [0.15, 0.2) is 9.84 Å². The summed E-state index contributed by atoms with van der Waals surface area (Å²) in [5.74, 6) is -0.775. The summed E-state index contributed by atoms with van der Waals surface area (Å²) in [6, 6.07) is 13.7. The lowest BCUT2D eigenvalue weighted by Gasteiger charge is -2.23.